The predicted octanol–water partition coefficient (Wildman–Crippen LogP) is 3.65. The third-order valence-corrected chi connectivity index (χ3v) is 4.57. The van der Waals surface area contributed by atoms with Crippen LogP contribution >= 0.6 is 12.4 Å². The molecule has 1 unspecified atom stereocenters. The fourth-order valence-corrected chi connectivity index (χ4v) is 3.15. The zero-order chi connectivity index (χ0) is 16.9. The molecule has 0 saturated carbocycles. The van der Waals surface area contributed by atoms with Gasteiger partial charge in [0.15, 0.2) is 0 Å². The van der Waals surface area contributed by atoms with Crippen LogP contribution in [-0.4, -0.2) is 37.0 Å². The van der Waals surface area contributed by atoms with Gasteiger partial charge in [-0.05, 0) is 44.2 Å². The molecule has 136 valence electrons. The molecule has 1 N–H and O–H groups in total. The maximum Gasteiger partial charge on any atom is 0.223 e. The van der Waals surface area contributed by atoms with Crippen LogP contribution in [0.1, 0.15) is 25.0 Å². The number of nitrogens with one attached hydrogen (secondary N) is 1. The Morgan fingerprint density at radius 1 is 1.32 bits per heavy atom. The molecule has 2 heterocycles. The van der Waals surface area contributed by atoms with Crippen LogP contribution in [0.3, 0.4) is 0 Å². The second-order valence-electron chi connectivity index (χ2n) is 6.21. The van der Waals surface area contributed by atoms with Gasteiger partial charge in [-0.1, -0.05) is 12.1 Å². The van der Waals surface area contributed by atoms with Crippen molar-refractivity contribution >= 4 is 18.3 Å². The van der Waals surface area contributed by atoms with E-state index in [0.29, 0.717) is 36.0 Å². The fourth-order valence-electron chi connectivity index (χ4n) is 3.15. The van der Waals surface area contributed by atoms with Crippen molar-refractivity contribution in [3.05, 3.63) is 48.0 Å². The van der Waals surface area contributed by atoms with Gasteiger partial charge in [0.25, 0.3) is 0 Å². The van der Waals surface area contributed by atoms with Gasteiger partial charge in [0.1, 0.15) is 17.3 Å². The van der Waals surface area contributed by atoms with Crippen molar-refractivity contribution in [1.82, 2.24) is 10.2 Å². The normalized spacial score (nSPS) is 17.2. The number of nitrogens with zero attached hydrogens (tertiary/aromatic N) is 1. The number of likely N-dealkylation sites (tertiary alicyclic amines) is 1. The number of amides is 1. The van der Waals surface area contributed by atoms with Gasteiger partial charge in [-0.2, -0.15) is 0 Å². The number of furan rings is 1. The van der Waals surface area contributed by atoms with E-state index in [4.69, 9.17) is 4.42 Å². The highest BCUT2D eigenvalue weighted by molar-refractivity contribution is 5.85. The lowest BCUT2D eigenvalue weighted by atomic mass is 10.1. The van der Waals surface area contributed by atoms with Gasteiger partial charge in [0.05, 0.1) is 5.56 Å². The van der Waals surface area contributed by atoms with Gasteiger partial charge in [0, 0.05) is 32.0 Å². The van der Waals surface area contributed by atoms with Crippen LogP contribution in [0, 0.1) is 5.82 Å². The third kappa shape index (κ3) is 4.83. The van der Waals surface area contributed by atoms with E-state index in [0.717, 1.165) is 25.9 Å². The SMILES string of the molecule is CNC1CCCN(C(=O)CCc2ccc(-c3ccccc3F)o2)C1.Cl. The summed E-state index contributed by atoms with van der Waals surface area (Å²) >= 11 is 0. The summed E-state index contributed by atoms with van der Waals surface area (Å²) in [6.45, 7) is 1.60. The van der Waals surface area contributed by atoms with Crippen molar-refractivity contribution in [1.29, 1.82) is 0 Å². The Labute approximate surface area is 153 Å². The smallest absolute Gasteiger partial charge is 0.223 e. The van der Waals surface area contributed by atoms with Crippen LogP contribution in [0.15, 0.2) is 40.8 Å². The van der Waals surface area contributed by atoms with Crippen molar-refractivity contribution in [3.63, 3.8) is 0 Å². The van der Waals surface area contributed by atoms with Crippen molar-refractivity contribution in [2.45, 2.75) is 31.7 Å². The van der Waals surface area contributed by atoms with E-state index in [2.05, 4.69) is 5.32 Å². The number of carbonyl (C=O) groups is 1. The number of benzene rings is 1. The Hall–Kier alpha value is -1.85. The Morgan fingerprint density at radius 2 is 2.12 bits per heavy atom. The molecule has 25 heavy (non-hydrogen) atoms. The molecule has 1 fully saturated rings. The summed E-state index contributed by atoms with van der Waals surface area (Å²) in [5.41, 5.74) is 0.447. The lowest BCUT2D eigenvalue weighted by Gasteiger charge is -2.32. The molecular formula is C19H24ClFN2O2. The highest BCUT2D eigenvalue weighted by Gasteiger charge is 2.22. The molecule has 1 aromatic heterocycles. The number of rotatable bonds is 5. The van der Waals surface area contributed by atoms with Gasteiger partial charge < -0.3 is 14.6 Å². The molecular weight excluding hydrogens is 343 g/mol. The molecule has 1 aromatic carbocycles. The lowest BCUT2D eigenvalue weighted by Crippen LogP contribution is -2.47. The highest BCUT2D eigenvalue weighted by Crippen LogP contribution is 2.25. The van der Waals surface area contributed by atoms with E-state index < -0.39 is 0 Å². The van der Waals surface area contributed by atoms with Gasteiger partial charge >= 0.3 is 0 Å². The summed E-state index contributed by atoms with van der Waals surface area (Å²) in [6.07, 6.45) is 3.11. The van der Waals surface area contributed by atoms with Gasteiger partial charge in [-0.25, -0.2) is 4.39 Å². The number of carbonyl (C=O) groups excluding carboxylic acids is 1. The second-order valence-corrected chi connectivity index (χ2v) is 6.21. The van der Waals surface area contributed by atoms with Gasteiger partial charge in [0.2, 0.25) is 5.91 Å². The molecule has 0 radical (unpaired) electrons. The quantitative estimate of drug-likeness (QED) is 0.878. The Morgan fingerprint density at radius 3 is 2.88 bits per heavy atom. The number of halogens is 2. The average molecular weight is 367 g/mol. The first-order valence-corrected chi connectivity index (χ1v) is 8.46. The van der Waals surface area contributed by atoms with E-state index in [1.807, 2.05) is 18.0 Å². The first kappa shape index (κ1) is 19.5. The number of likely N-dealkylation sites (N-methyl/N-ethyl adjacent to an activating group) is 1. The van der Waals surface area contributed by atoms with E-state index in [-0.39, 0.29) is 24.1 Å². The molecule has 1 aliphatic rings. The minimum atomic E-state index is -0.305. The van der Waals surface area contributed by atoms with E-state index in [1.54, 1.807) is 24.3 Å². The van der Waals surface area contributed by atoms with Crippen LogP contribution < -0.4 is 5.32 Å². The minimum absolute atomic E-state index is 0. The van der Waals surface area contributed by atoms with Crippen LogP contribution in [0.25, 0.3) is 11.3 Å². The maximum absolute atomic E-state index is 13.8. The zero-order valence-corrected chi connectivity index (χ0v) is 15.2. The largest absolute Gasteiger partial charge is 0.461 e. The zero-order valence-electron chi connectivity index (χ0n) is 14.3. The number of aryl methyl sites for hydroxylation is 1. The van der Waals surface area contributed by atoms with E-state index in [1.165, 1.54) is 6.07 Å². The maximum atomic E-state index is 13.8. The standard InChI is InChI=1S/C19H23FN2O2.ClH/c1-21-14-5-4-12-22(13-14)19(23)11-9-15-8-10-18(24-15)16-6-2-3-7-17(16)20;/h2-3,6-8,10,14,21H,4-5,9,11-13H2,1H3;1H. The Bertz CT molecular complexity index is 704. The minimum Gasteiger partial charge on any atom is -0.461 e. The number of hydrogen-bond donors (Lipinski definition) is 1. The van der Waals surface area contributed by atoms with Crippen LogP contribution in [0.4, 0.5) is 4.39 Å². The van der Waals surface area contributed by atoms with Crippen molar-refractivity contribution in [3.8, 4) is 11.3 Å². The Balaban J connectivity index is 0.00000225. The number of hydrogen-bond acceptors (Lipinski definition) is 3. The van der Waals surface area contributed by atoms with E-state index >= 15 is 0 Å². The van der Waals surface area contributed by atoms with Gasteiger partial charge in [-0.15, -0.1) is 12.4 Å². The van der Waals surface area contributed by atoms with Crippen molar-refractivity contribution < 1.29 is 13.6 Å². The molecule has 4 nitrogen and oxygen atoms in total. The average Bonchev–Trinajstić information content (AvgIpc) is 3.09. The number of piperidine rings is 1. The van der Waals surface area contributed by atoms with Crippen LogP contribution in [0.5, 0.6) is 0 Å². The first-order valence-electron chi connectivity index (χ1n) is 8.46. The van der Waals surface area contributed by atoms with Crippen LogP contribution in [-0.2, 0) is 11.2 Å². The summed E-state index contributed by atoms with van der Waals surface area (Å²) < 4.78 is 19.5. The van der Waals surface area contributed by atoms with E-state index in [9.17, 15) is 9.18 Å². The molecule has 1 amide bonds. The molecule has 0 spiro atoms. The molecule has 6 heteroatoms. The summed E-state index contributed by atoms with van der Waals surface area (Å²) in [6, 6.07) is 10.5. The molecule has 3 rings (SSSR count). The third-order valence-electron chi connectivity index (χ3n) is 4.57. The topological polar surface area (TPSA) is 45.5 Å². The van der Waals surface area contributed by atoms with Crippen molar-refractivity contribution in [2.75, 3.05) is 20.1 Å². The summed E-state index contributed by atoms with van der Waals surface area (Å²) in [4.78, 5) is 14.3. The molecule has 1 atom stereocenters. The summed E-state index contributed by atoms with van der Waals surface area (Å²) in [5.74, 6) is 1.06. The molecule has 2 aromatic rings. The summed E-state index contributed by atoms with van der Waals surface area (Å²) in [5, 5.41) is 3.24. The lowest BCUT2D eigenvalue weighted by molar-refractivity contribution is -0.132. The van der Waals surface area contributed by atoms with Crippen molar-refractivity contribution in [2.24, 2.45) is 0 Å². The molecule has 1 aliphatic heterocycles. The Kier molecular flexibility index (Phi) is 7.02. The molecule has 1 saturated heterocycles. The molecule has 0 aliphatic carbocycles. The van der Waals surface area contributed by atoms with Gasteiger partial charge in [-0.3, -0.25) is 4.79 Å². The fraction of sp³-hybridized carbons (Fsp3) is 0.421. The second kappa shape index (κ2) is 9.02. The molecule has 0 bridgehead atoms. The van der Waals surface area contributed by atoms with Crippen LogP contribution in [0.2, 0.25) is 0 Å². The monoisotopic (exact) mass is 366 g/mol. The summed E-state index contributed by atoms with van der Waals surface area (Å²) in [7, 11) is 1.94. The first-order chi connectivity index (χ1) is 11.7. The highest BCUT2D eigenvalue weighted by atomic mass is 35.5. The predicted molar refractivity (Wildman–Crippen MR) is 98.3 cm³/mol.